The van der Waals surface area contributed by atoms with E-state index in [0.717, 1.165) is 17.7 Å². The molecule has 0 spiro atoms. The number of thiol groups is 1. The summed E-state index contributed by atoms with van der Waals surface area (Å²) >= 11 is 10.1. The summed E-state index contributed by atoms with van der Waals surface area (Å²) in [6, 6.07) is 5.48. The van der Waals surface area contributed by atoms with Crippen LogP contribution in [0.25, 0.3) is 0 Å². The van der Waals surface area contributed by atoms with Crippen LogP contribution in [-0.4, -0.2) is 11.9 Å². The van der Waals surface area contributed by atoms with Crippen molar-refractivity contribution >= 4 is 30.1 Å². The van der Waals surface area contributed by atoms with Gasteiger partial charge >= 0.3 is 0 Å². The largest absolute Gasteiger partial charge is 0.349 e. The van der Waals surface area contributed by atoms with Crippen molar-refractivity contribution in [3.05, 3.63) is 28.8 Å². The molecule has 0 heterocycles. The highest BCUT2D eigenvalue weighted by Crippen LogP contribution is 2.23. The molecule has 0 aliphatic heterocycles. The topological polar surface area (TPSA) is 29.1 Å². The molecule has 1 aromatic rings. The van der Waals surface area contributed by atoms with Crippen LogP contribution in [0.3, 0.4) is 0 Å². The molecule has 0 radical (unpaired) electrons. The second kappa shape index (κ2) is 3.83. The van der Waals surface area contributed by atoms with Gasteiger partial charge in [0.1, 0.15) is 0 Å². The summed E-state index contributed by atoms with van der Waals surface area (Å²) in [6.07, 6.45) is 2.15. The Morgan fingerprint density at radius 2 is 2.21 bits per heavy atom. The third kappa shape index (κ3) is 2.22. The van der Waals surface area contributed by atoms with Crippen molar-refractivity contribution in [1.29, 1.82) is 0 Å². The summed E-state index contributed by atoms with van der Waals surface area (Å²) in [5, 5.41) is 3.35. The number of carbonyl (C=O) groups excluding carboxylic acids is 1. The highest BCUT2D eigenvalue weighted by Gasteiger charge is 2.24. The fourth-order valence-corrected chi connectivity index (χ4v) is 1.59. The Morgan fingerprint density at radius 3 is 2.86 bits per heavy atom. The second-order valence-electron chi connectivity index (χ2n) is 3.41. The minimum Gasteiger partial charge on any atom is -0.349 e. The lowest BCUT2D eigenvalue weighted by Gasteiger charge is -2.05. The van der Waals surface area contributed by atoms with Gasteiger partial charge in [-0.1, -0.05) is 11.6 Å². The fraction of sp³-hybridized carbons (Fsp3) is 0.300. The molecule has 1 saturated carbocycles. The van der Waals surface area contributed by atoms with Gasteiger partial charge in [-0.15, -0.1) is 12.6 Å². The van der Waals surface area contributed by atoms with Gasteiger partial charge in [-0.2, -0.15) is 0 Å². The SMILES string of the molecule is O=C(NC1CC1)c1cc(S)ccc1Cl. The zero-order chi connectivity index (χ0) is 10.1. The minimum atomic E-state index is -0.103. The monoisotopic (exact) mass is 227 g/mol. The molecule has 0 atom stereocenters. The molecular weight excluding hydrogens is 218 g/mol. The Bertz CT molecular complexity index is 376. The van der Waals surface area contributed by atoms with E-state index in [2.05, 4.69) is 17.9 Å². The van der Waals surface area contributed by atoms with Crippen molar-refractivity contribution in [3.8, 4) is 0 Å². The number of carbonyl (C=O) groups is 1. The lowest BCUT2D eigenvalue weighted by Crippen LogP contribution is -2.25. The van der Waals surface area contributed by atoms with Crippen LogP contribution in [0, 0.1) is 0 Å². The Hall–Kier alpha value is -0.670. The third-order valence-corrected chi connectivity index (χ3v) is 2.71. The summed E-state index contributed by atoms with van der Waals surface area (Å²) in [6.45, 7) is 0. The van der Waals surface area contributed by atoms with Gasteiger partial charge in [-0.05, 0) is 31.0 Å². The van der Waals surface area contributed by atoms with E-state index in [-0.39, 0.29) is 5.91 Å². The van der Waals surface area contributed by atoms with Crippen molar-refractivity contribution in [3.63, 3.8) is 0 Å². The van der Waals surface area contributed by atoms with E-state index in [4.69, 9.17) is 11.6 Å². The maximum atomic E-state index is 11.6. The Kier molecular flexibility index (Phi) is 2.70. The van der Waals surface area contributed by atoms with Crippen molar-refractivity contribution in [2.45, 2.75) is 23.8 Å². The van der Waals surface area contributed by atoms with Crippen LogP contribution in [0.5, 0.6) is 0 Å². The number of hydrogen-bond donors (Lipinski definition) is 2. The standard InChI is InChI=1S/C10H10ClNOS/c11-9-4-3-7(14)5-8(9)10(13)12-6-1-2-6/h3-6,14H,1-2H2,(H,12,13). The van der Waals surface area contributed by atoms with Crippen molar-refractivity contribution in [1.82, 2.24) is 5.32 Å². The molecule has 1 amide bonds. The first-order valence-corrected chi connectivity index (χ1v) is 5.29. The lowest BCUT2D eigenvalue weighted by molar-refractivity contribution is 0.0951. The highest BCUT2D eigenvalue weighted by atomic mass is 35.5. The van der Waals surface area contributed by atoms with E-state index >= 15 is 0 Å². The Morgan fingerprint density at radius 1 is 1.50 bits per heavy atom. The van der Waals surface area contributed by atoms with E-state index in [0.29, 0.717) is 16.6 Å². The number of nitrogens with one attached hydrogen (secondary N) is 1. The number of amides is 1. The van der Waals surface area contributed by atoms with Crippen LogP contribution in [0.4, 0.5) is 0 Å². The maximum Gasteiger partial charge on any atom is 0.253 e. The number of rotatable bonds is 2. The zero-order valence-electron chi connectivity index (χ0n) is 7.46. The predicted octanol–water partition coefficient (Wildman–Crippen LogP) is 2.52. The smallest absolute Gasteiger partial charge is 0.253 e. The van der Waals surface area contributed by atoms with Gasteiger partial charge in [0, 0.05) is 10.9 Å². The molecule has 2 rings (SSSR count). The van der Waals surface area contributed by atoms with Crippen molar-refractivity contribution in [2.24, 2.45) is 0 Å². The van der Waals surface area contributed by atoms with Crippen LogP contribution in [0.15, 0.2) is 23.1 Å². The average Bonchev–Trinajstić information content (AvgIpc) is 2.93. The average molecular weight is 228 g/mol. The van der Waals surface area contributed by atoms with Crippen LogP contribution in [-0.2, 0) is 0 Å². The molecule has 0 bridgehead atoms. The Labute approximate surface area is 93.1 Å². The first kappa shape index (κ1) is 9.87. The second-order valence-corrected chi connectivity index (χ2v) is 4.34. The molecule has 0 saturated heterocycles. The van der Waals surface area contributed by atoms with Gasteiger partial charge in [0.2, 0.25) is 0 Å². The summed E-state index contributed by atoms with van der Waals surface area (Å²) < 4.78 is 0. The lowest BCUT2D eigenvalue weighted by atomic mass is 10.2. The highest BCUT2D eigenvalue weighted by molar-refractivity contribution is 7.80. The first-order chi connectivity index (χ1) is 6.66. The zero-order valence-corrected chi connectivity index (χ0v) is 9.11. The Balaban J connectivity index is 2.20. The molecule has 4 heteroatoms. The van der Waals surface area contributed by atoms with Gasteiger partial charge in [0.05, 0.1) is 10.6 Å². The molecule has 1 aliphatic carbocycles. The van der Waals surface area contributed by atoms with Gasteiger partial charge < -0.3 is 5.32 Å². The molecule has 1 aromatic carbocycles. The molecule has 1 fully saturated rings. The molecule has 1 aliphatic rings. The molecule has 14 heavy (non-hydrogen) atoms. The fourth-order valence-electron chi connectivity index (χ4n) is 1.18. The van der Waals surface area contributed by atoms with Gasteiger partial charge in [-0.25, -0.2) is 0 Å². The molecule has 2 nitrogen and oxygen atoms in total. The van der Waals surface area contributed by atoms with Gasteiger partial charge in [-0.3, -0.25) is 4.79 Å². The first-order valence-electron chi connectivity index (χ1n) is 4.46. The van der Waals surface area contributed by atoms with E-state index in [1.807, 2.05) is 0 Å². The predicted molar refractivity (Wildman–Crippen MR) is 59.2 cm³/mol. The van der Waals surface area contributed by atoms with E-state index in [1.165, 1.54) is 0 Å². The van der Waals surface area contributed by atoms with Crippen molar-refractivity contribution < 1.29 is 4.79 Å². The number of halogens is 1. The normalized spacial score (nSPS) is 15.3. The van der Waals surface area contributed by atoms with E-state index in [9.17, 15) is 4.79 Å². The molecular formula is C10H10ClNOS. The van der Waals surface area contributed by atoms with Crippen LogP contribution < -0.4 is 5.32 Å². The number of hydrogen-bond acceptors (Lipinski definition) is 2. The summed E-state index contributed by atoms with van der Waals surface area (Å²) in [7, 11) is 0. The minimum absolute atomic E-state index is 0.103. The summed E-state index contributed by atoms with van der Waals surface area (Å²) in [5.41, 5.74) is 0.506. The van der Waals surface area contributed by atoms with Crippen LogP contribution in [0.2, 0.25) is 5.02 Å². The van der Waals surface area contributed by atoms with E-state index < -0.39 is 0 Å². The molecule has 74 valence electrons. The van der Waals surface area contributed by atoms with Crippen LogP contribution >= 0.6 is 24.2 Å². The van der Waals surface area contributed by atoms with Gasteiger partial charge in [0.25, 0.3) is 5.91 Å². The van der Waals surface area contributed by atoms with Gasteiger partial charge in [0.15, 0.2) is 0 Å². The summed E-state index contributed by atoms with van der Waals surface area (Å²) in [4.78, 5) is 12.4. The molecule has 0 unspecified atom stereocenters. The van der Waals surface area contributed by atoms with Crippen LogP contribution in [0.1, 0.15) is 23.2 Å². The third-order valence-electron chi connectivity index (χ3n) is 2.11. The number of benzene rings is 1. The molecule has 1 N–H and O–H groups in total. The van der Waals surface area contributed by atoms with E-state index in [1.54, 1.807) is 18.2 Å². The van der Waals surface area contributed by atoms with Crippen molar-refractivity contribution in [2.75, 3.05) is 0 Å². The quantitative estimate of drug-likeness (QED) is 0.747. The molecule has 0 aromatic heterocycles. The maximum absolute atomic E-state index is 11.6. The summed E-state index contributed by atoms with van der Waals surface area (Å²) in [5.74, 6) is -0.103.